The first kappa shape index (κ1) is 18.3. The van der Waals surface area contributed by atoms with E-state index in [4.69, 9.17) is 11.7 Å². The molecule has 25 heavy (non-hydrogen) atoms. The molecule has 0 radical (unpaired) electrons. The van der Waals surface area contributed by atoms with E-state index in [0.717, 1.165) is 24.2 Å². The summed E-state index contributed by atoms with van der Waals surface area (Å²) in [6, 6.07) is 18.4. The zero-order valence-electron chi connectivity index (χ0n) is 14.6. The van der Waals surface area contributed by atoms with Crippen LogP contribution in [0.5, 0.6) is 0 Å². The molecular weight excluding hydrogens is 306 g/mol. The summed E-state index contributed by atoms with van der Waals surface area (Å²) in [5, 5.41) is 12.2. The van der Waals surface area contributed by atoms with E-state index in [1.54, 1.807) is 0 Å². The lowest BCUT2D eigenvalue weighted by atomic mass is 10.0. The number of benzene rings is 2. The number of rotatable bonds is 8. The molecule has 3 nitrogen and oxygen atoms in total. The third-order valence-corrected chi connectivity index (χ3v) is 4.16. The number of anilines is 1. The number of likely N-dealkylation sites (N-methyl/N-ethyl adjacent to an activating group) is 1. The molecule has 2 aromatic carbocycles. The molecule has 1 unspecified atom stereocenters. The molecule has 0 bridgehead atoms. The first-order valence-corrected chi connectivity index (χ1v) is 8.24. The summed E-state index contributed by atoms with van der Waals surface area (Å²) in [4.78, 5) is 2.12. The molecule has 0 amide bonds. The molecule has 0 aliphatic rings. The number of nitrogens with zero attached hydrogens (tertiary/aromatic N) is 2. The summed E-state index contributed by atoms with van der Waals surface area (Å²) in [6.45, 7) is 5.25. The van der Waals surface area contributed by atoms with Gasteiger partial charge in [0.05, 0.1) is 18.2 Å². The van der Waals surface area contributed by atoms with Crippen molar-refractivity contribution in [2.75, 3.05) is 18.9 Å². The normalized spacial score (nSPS) is 11.4. The minimum atomic E-state index is 0.230. The Labute approximate surface area is 150 Å². The second-order valence-corrected chi connectivity index (χ2v) is 5.99. The number of terminal acetylenes is 1. The number of nitriles is 1. The Kier molecular flexibility index (Phi) is 6.84. The van der Waals surface area contributed by atoms with Crippen molar-refractivity contribution >= 4 is 5.69 Å². The third-order valence-electron chi connectivity index (χ3n) is 4.16. The van der Waals surface area contributed by atoms with Gasteiger partial charge < -0.3 is 5.32 Å². The summed E-state index contributed by atoms with van der Waals surface area (Å²) in [5.41, 5.74) is 4.14. The van der Waals surface area contributed by atoms with E-state index in [2.05, 4.69) is 53.1 Å². The monoisotopic (exact) mass is 329 g/mol. The van der Waals surface area contributed by atoms with Crippen LogP contribution in [-0.4, -0.2) is 24.5 Å². The van der Waals surface area contributed by atoms with Gasteiger partial charge >= 0.3 is 0 Å². The second kappa shape index (κ2) is 9.33. The molecule has 0 aromatic heterocycles. The highest BCUT2D eigenvalue weighted by Gasteiger charge is 2.10. The molecule has 0 aliphatic heterocycles. The van der Waals surface area contributed by atoms with E-state index < -0.39 is 0 Å². The van der Waals surface area contributed by atoms with Gasteiger partial charge in [0.25, 0.3) is 0 Å². The summed E-state index contributed by atoms with van der Waals surface area (Å²) < 4.78 is 0. The Morgan fingerprint density at radius 3 is 2.36 bits per heavy atom. The Hall–Kier alpha value is -3.01. The molecular formula is C22H23N3. The van der Waals surface area contributed by atoms with E-state index in [1.807, 2.05) is 37.4 Å². The number of hydrogen-bond acceptors (Lipinski definition) is 3. The van der Waals surface area contributed by atoms with E-state index in [-0.39, 0.29) is 6.04 Å². The Morgan fingerprint density at radius 1 is 1.16 bits per heavy atom. The van der Waals surface area contributed by atoms with Crippen molar-refractivity contribution < 1.29 is 0 Å². The van der Waals surface area contributed by atoms with Crippen molar-refractivity contribution in [1.29, 1.82) is 5.26 Å². The van der Waals surface area contributed by atoms with Crippen LogP contribution in [0, 0.1) is 23.7 Å². The lowest BCUT2D eigenvalue weighted by Crippen LogP contribution is -2.32. The predicted octanol–water partition coefficient (Wildman–Crippen LogP) is 3.83. The van der Waals surface area contributed by atoms with E-state index in [9.17, 15) is 0 Å². The first-order valence-electron chi connectivity index (χ1n) is 8.24. The molecule has 2 rings (SSSR count). The van der Waals surface area contributed by atoms with Gasteiger partial charge in [-0.25, -0.2) is 0 Å². The molecule has 2 aromatic rings. The van der Waals surface area contributed by atoms with Gasteiger partial charge in [0, 0.05) is 18.3 Å². The van der Waals surface area contributed by atoms with Crippen molar-refractivity contribution in [2.45, 2.75) is 19.0 Å². The molecule has 0 fully saturated rings. The van der Waals surface area contributed by atoms with Crippen molar-refractivity contribution in [3.63, 3.8) is 0 Å². The Balaban J connectivity index is 1.91. The summed E-state index contributed by atoms with van der Waals surface area (Å²) >= 11 is 0. The van der Waals surface area contributed by atoms with E-state index >= 15 is 0 Å². The predicted molar refractivity (Wildman–Crippen MR) is 104 cm³/mol. The fraction of sp³-hybridized carbons (Fsp3) is 0.227. The maximum atomic E-state index is 8.82. The molecule has 3 heteroatoms. The molecule has 0 spiro atoms. The standard InChI is InChI=1S/C22H23N3/c1-4-14-25(3)22(5-2)15-18-10-12-21(13-11-18)24-17-20-8-6-19(16-23)7-9-20/h1,5-13,22,24H,2,14-15,17H2,3H3. The quantitative estimate of drug-likeness (QED) is 0.591. The molecule has 1 N–H and O–H groups in total. The van der Waals surface area contributed by atoms with Gasteiger partial charge in [0.2, 0.25) is 0 Å². The molecule has 0 saturated carbocycles. The molecule has 0 saturated heterocycles. The topological polar surface area (TPSA) is 39.1 Å². The van der Waals surface area contributed by atoms with Crippen LogP contribution in [0.15, 0.2) is 61.2 Å². The highest BCUT2D eigenvalue weighted by molar-refractivity contribution is 5.45. The van der Waals surface area contributed by atoms with Gasteiger partial charge in [-0.15, -0.1) is 13.0 Å². The number of hydrogen-bond donors (Lipinski definition) is 1. The van der Waals surface area contributed by atoms with Crippen LogP contribution in [0.3, 0.4) is 0 Å². The van der Waals surface area contributed by atoms with Crippen LogP contribution in [0.4, 0.5) is 5.69 Å². The SMILES string of the molecule is C#CCN(C)C(C=C)Cc1ccc(NCc2ccc(C#N)cc2)cc1. The molecule has 0 aliphatic carbocycles. The minimum Gasteiger partial charge on any atom is -0.381 e. The highest BCUT2D eigenvalue weighted by atomic mass is 15.1. The summed E-state index contributed by atoms with van der Waals surface area (Å²) in [7, 11) is 2.01. The van der Waals surface area contributed by atoms with Crippen molar-refractivity contribution in [3.8, 4) is 18.4 Å². The van der Waals surface area contributed by atoms with Crippen LogP contribution < -0.4 is 5.32 Å². The van der Waals surface area contributed by atoms with Gasteiger partial charge in [-0.3, -0.25) is 4.90 Å². The minimum absolute atomic E-state index is 0.230. The maximum absolute atomic E-state index is 8.82. The van der Waals surface area contributed by atoms with Gasteiger partial charge in [-0.05, 0) is 48.9 Å². The smallest absolute Gasteiger partial charge is 0.0991 e. The fourth-order valence-electron chi connectivity index (χ4n) is 2.58. The van der Waals surface area contributed by atoms with Crippen molar-refractivity contribution in [2.24, 2.45) is 0 Å². The van der Waals surface area contributed by atoms with Crippen LogP contribution in [0.2, 0.25) is 0 Å². The zero-order chi connectivity index (χ0) is 18.1. The van der Waals surface area contributed by atoms with Gasteiger partial charge in [0.15, 0.2) is 0 Å². The lowest BCUT2D eigenvalue weighted by molar-refractivity contribution is 0.314. The molecule has 1 atom stereocenters. The highest BCUT2D eigenvalue weighted by Crippen LogP contribution is 2.15. The summed E-state index contributed by atoms with van der Waals surface area (Å²) in [5.74, 6) is 2.67. The Bertz CT molecular complexity index is 761. The largest absolute Gasteiger partial charge is 0.381 e. The molecule has 126 valence electrons. The zero-order valence-corrected chi connectivity index (χ0v) is 14.6. The average molecular weight is 329 g/mol. The van der Waals surface area contributed by atoms with E-state index in [0.29, 0.717) is 12.1 Å². The van der Waals surface area contributed by atoms with Crippen molar-refractivity contribution in [1.82, 2.24) is 4.90 Å². The fourth-order valence-corrected chi connectivity index (χ4v) is 2.58. The first-order chi connectivity index (χ1) is 12.2. The molecule has 0 heterocycles. The average Bonchev–Trinajstić information content (AvgIpc) is 2.66. The third kappa shape index (κ3) is 5.53. The van der Waals surface area contributed by atoms with E-state index in [1.165, 1.54) is 5.56 Å². The summed E-state index contributed by atoms with van der Waals surface area (Å²) in [6.07, 6.45) is 8.21. The van der Waals surface area contributed by atoms with Crippen molar-refractivity contribution in [3.05, 3.63) is 77.9 Å². The maximum Gasteiger partial charge on any atom is 0.0991 e. The van der Waals surface area contributed by atoms with Crippen LogP contribution >= 0.6 is 0 Å². The van der Waals surface area contributed by atoms with Crippen LogP contribution in [0.1, 0.15) is 16.7 Å². The van der Waals surface area contributed by atoms with Gasteiger partial charge in [0.1, 0.15) is 0 Å². The van der Waals surface area contributed by atoms with Gasteiger partial charge in [-0.2, -0.15) is 5.26 Å². The Morgan fingerprint density at radius 2 is 1.80 bits per heavy atom. The number of nitrogens with one attached hydrogen (secondary N) is 1. The lowest BCUT2D eigenvalue weighted by Gasteiger charge is -2.23. The second-order valence-electron chi connectivity index (χ2n) is 5.99. The van der Waals surface area contributed by atoms with Crippen LogP contribution in [0.25, 0.3) is 0 Å². The van der Waals surface area contributed by atoms with Crippen LogP contribution in [-0.2, 0) is 13.0 Å². The van der Waals surface area contributed by atoms with Gasteiger partial charge in [-0.1, -0.05) is 36.3 Å².